The van der Waals surface area contributed by atoms with Crippen molar-refractivity contribution in [1.29, 1.82) is 0 Å². The molecule has 0 radical (unpaired) electrons. The first-order chi connectivity index (χ1) is 23.3. The molecule has 0 amide bonds. The number of hydrogen-bond acceptors (Lipinski definition) is 4. The third-order valence-electron chi connectivity index (χ3n) is 8.75. The first-order valence-electron chi connectivity index (χ1n) is 15.7. The fourth-order valence-electron chi connectivity index (χ4n) is 6.51. The van der Waals surface area contributed by atoms with Gasteiger partial charge in [0.15, 0.2) is 17.5 Å². The SMILES string of the molecule is c1ccc(-c2ccc(-c3cc4oc5cccc(-c6nc(-c7ccccc7)nc(-c7ccccc7)n6)c5c4c4ccccc34)cc2)cc1. The number of aromatic nitrogens is 3. The average molecular weight is 602 g/mol. The topological polar surface area (TPSA) is 51.8 Å². The van der Waals surface area contributed by atoms with Gasteiger partial charge >= 0.3 is 0 Å². The molecule has 0 fully saturated rings. The van der Waals surface area contributed by atoms with Gasteiger partial charge in [-0.3, -0.25) is 0 Å². The van der Waals surface area contributed by atoms with Crippen LogP contribution in [-0.2, 0) is 0 Å². The van der Waals surface area contributed by atoms with Gasteiger partial charge in [-0.15, -0.1) is 0 Å². The summed E-state index contributed by atoms with van der Waals surface area (Å²) >= 11 is 0. The maximum Gasteiger partial charge on any atom is 0.164 e. The van der Waals surface area contributed by atoms with Crippen molar-refractivity contribution in [1.82, 2.24) is 15.0 Å². The Morgan fingerprint density at radius 3 is 1.47 bits per heavy atom. The normalized spacial score (nSPS) is 11.4. The fraction of sp³-hybridized carbons (Fsp3) is 0. The molecule has 0 unspecified atom stereocenters. The summed E-state index contributed by atoms with van der Waals surface area (Å²) < 4.78 is 6.64. The van der Waals surface area contributed by atoms with E-state index < -0.39 is 0 Å². The molecule has 0 saturated heterocycles. The Hall–Kier alpha value is -6.39. The second kappa shape index (κ2) is 11.2. The Balaban J connectivity index is 1.27. The second-order valence-electron chi connectivity index (χ2n) is 11.6. The molecule has 9 rings (SSSR count). The first-order valence-corrected chi connectivity index (χ1v) is 15.7. The van der Waals surface area contributed by atoms with E-state index in [1.54, 1.807) is 0 Å². The van der Waals surface area contributed by atoms with Crippen LogP contribution in [0.4, 0.5) is 0 Å². The van der Waals surface area contributed by atoms with Gasteiger partial charge in [-0.1, -0.05) is 152 Å². The van der Waals surface area contributed by atoms with Gasteiger partial charge in [0.1, 0.15) is 11.2 Å². The molecule has 0 N–H and O–H groups in total. The minimum absolute atomic E-state index is 0.607. The molecule has 220 valence electrons. The van der Waals surface area contributed by atoms with E-state index in [1.165, 1.54) is 11.1 Å². The molecule has 0 saturated carbocycles. The van der Waals surface area contributed by atoms with Crippen LogP contribution in [0, 0.1) is 0 Å². The summed E-state index contributed by atoms with van der Waals surface area (Å²) in [6, 6.07) is 56.3. The summed E-state index contributed by atoms with van der Waals surface area (Å²) in [5.74, 6) is 1.87. The molecule has 2 aromatic heterocycles. The maximum atomic E-state index is 6.64. The number of hydrogen-bond donors (Lipinski definition) is 0. The molecule has 7 aromatic carbocycles. The van der Waals surface area contributed by atoms with E-state index in [-0.39, 0.29) is 0 Å². The highest BCUT2D eigenvalue weighted by atomic mass is 16.3. The number of benzene rings is 7. The lowest BCUT2D eigenvalue weighted by molar-refractivity contribution is 0.669. The summed E-state index contributed by atoms with van der Waals surface area (Å²) in [6.45, 7) is 0. The highest BCUT2D eigenvalue weighted by Gasteiger charge is 2.20. The van der Waals surface area contributed by atoms with Crippen LogP contribution in [0.15, 0.2) is 168 Å². The van der Waals surface area contributed by atoms with E-state index >= 15 is 0 Å². The molecule has 0 aliphatic carbocycles. The van der Waals surface area contributed by atoms with E-state index in [2.05, 4.69) is 84.9 Å². The molecule has 4 nitrogen and oxygen atoms in total. The zero-order valence-electron chi connectivity index (χ0n) is 25.3. The summed E-state index contributed by atoms with van der Waals surface area (Å²) in [4.78, 5) is 15.0. The lowest BCUT2D eigenvalue weighted by Gasteiger charge is -2.11. The van der Waals surface area contributed by atoms with Gasteiger partial charge in [0.2, 0.25) is 0 Å². The van der Waals surface area contributed by atoms with Gasteiger partial charge in [0.25, 0.3) is 0 Å². The minimum atomic E-state index is 0.607. The van der Waals surface area contributed by atoms with Crippen LogP contribution in [-0.4, -0.2) is 15.0 Å². The van der Waals surface area contributed by atoms with Crippen LogP contribution in [0.25, 0.3) is 89.1 Å². The standard InChI is InChI=1S/C43H27N3O/c1-4-13-28(14-5-1)29-23-25-30(26-24-29)36-27-38-39(34-20-11-10-19-33(34)36)40-35(21-12-22-37(40)47-38)43-45-41(31-15-6-2-7-16-31)44-42(46-43)32-17-8-3-9-18-32/h1-27H. The van der Waals surface area contributed by atoms with E-state index in [0.717, 1.165) is 60.5 Å². The summed E-state index contributed by atoms with van der Waals surface area (Å²) in [5, 5.41) is 4.34. The van der Waals surface area contributed by atoms with Crippen molar-refractivity contribution in [2.24, 2.45) is 0 Å². The van der Waals surface area contributed by atoms with Crippen molar-refractivity contribution in [2.45, 2.75) is 0 Å². The minimum Gasteiger partial charge on any atom is -0.456 e. The Morgan fingerprint density at radius 1 is 0.319 bits per heavy atom. The smallest absolute Gasteiger partial charge is 0.164 e. The molecule has 47 heavy (non-hydrogen) atoms. The monoisotopic (exact) mass is 601 g/mol. The quantitative estimate of drug-likeness (QED) is 0.197. The molecular formula is C43H27N3O. The fourth-order valence-corrected chi connectivity index (χ4v) is 6.51. The zero-order chi connectivity index (χ0) is 31.2. The average Bonchev–Trinajstić information content (AvgIpc) is 3.55. The van der Waals surface area contributed by atoms with E-state index in [1.807, 2.05) is 78.9 Å². The van der Waals surface area contributed by atoms with Crippen molar-refractivity contribution in [3.8, 4) is 56.4 Å². The van der Waals surface area contributed by atoms with Gasteiger partial charge in [-0.25, -0.2) is 15.0 Å². The van der Waals surface area contributed by atoms with Crippen molar-refractivity contribution in [3.05, 3.63) is 164 Å². The van der Waals surface area contributed by atoms with Crippen LogP contribution in [0.2, 0.25) is 0 Å². The van der Waals surface area contributed by atoms with Gasteiger partial charge in [0.05, 0.1) is 0 Å². The van der Waals surface area contributed by atoms with Crippen LogP contribution >= 0.6 is 0 Å². The van der Waals surface area contributed by atoms with E-state index in [4.69, 9.17) is 19.4 Å². The zero-order valence-corrected chi connectivity index (χ0v) is 25.3. The van der Waals surface area contributed by atoms with Gasteiger partial charge in [0, 0.05) is 27.5 Å². The molecule has 9 aromatic rings. The Kier molecular flexibility index (Phi) is 6.43. The van der Waals surface area contributed by atoms with Crippen molar-refractivity contribution < 1.29 is 4.42 Å². The highest BCUT2D eigenvalue weighted by Crippen LogP contribution is 2.43. The van der Waals surface area contributed by atoms with Crippen molar-refractivity contribution >= 4 is 32.7 Å². The molecule has 0 spiro atoms. The molecule has 0 aliphatic rings. The summed E-state index contributed by atoms with van der Waals surface area (Å²) in [7, 11) is 0. The summed E-state index contributed by atoms with van der Waals surface area (Å²) in [6.07, 6.45) is 0. The van der Waals surface area contributed by atoms with Crippen molar-refractivity contribution in [2.75, 3.05) is 0 Å². The van der Waals surface area contributed by atoms with E-state index in [9.17, 15) is 0 Å². The van der Waals surface area contributed by atoms with Crippen LogP contribution in [0.3, 0.4) is 0 Å². The van der Waals surface area contributed by atoms with E-state index in [0.29, 0.717) is 17.5 Å². The van der Waals surface area contributed by atoms with Crippen LogP contribution in [0.5, 0.6) is 0 Å². The van der Waals surface area contributed by atoms with Gasteiger partial charge < -0.3 is 4.42 Å². The molecule has 0 bridgehead atoms. The number of fused-ring (bicyclic) bond motifs is 5. The molecule has 4 heteroatoms. The predicted octanol–water partition coefficient (Wildman–Crippen LogP) is 11.3. The summed E-state index contributed by atoms with van der Waals surface area (Å²) in [5.41, 5.74) is 9.06. The molecule has 0 aliphatic heterocycles. The molecular weight excluding hydrogens is 574 g/mol. The lowest BCUT2D eigenvalue weighted by Crippen LogP contribution is -2.00. The molecule has 2 heterocycles. The number of rotatable bonds is 5. The lowest BCUT2D eigenvalue weighted by atomic mass is 9.93. The van der Waals surface area contributed by atoms with Crippen molar-refractivity contribution in [3.63, 3.8) is 0 Å². The number of furan rings is 1. The van der Waals surface area contributed by atoms with Gasteiger partial charge in [-0.05, 0) is 45.2 Å². The van der Waals surface area contributed by atoms with Crippen LogP contribution in [0.1, 0.15) is 0 Å². The first kappa shape index (κ1) is 27.0. The van der Waals surface area contributed by atoms with Crippen LogP contribution < -0.4 is 0 Å². The third-order valence-corrected chi connectivity index (χ3v) is 8.75. The Labute approximate surface area is 271 Å². The predicted molar refractivity (Wildman–Crippen MR) is 192 cm³/mol. The maximum absolute atomic E-state index is 6.64. The second-order valence-corrected chi connectivity index (χ2v) is 11.6. The highest BCUT2D eigenvalue weighted by molar-refractivity contribution is 6.25. The third kappa shape index (κ3) is 4.75. The molecule has 0 atom stereocenters. The Bertz CT molecular complexity index is 2480. The van der Waals surface area contributed by atoms with Gasteiger partial charge in [-0.2, -0.15) is 0 Å². The largest absolute Gasteiger partial charge is 0.456 e. The number of nitrogens with zero attached hydrogens (tertiary/aromatic N) is 3. The Morgan fingerprint density at radius 2 is 0.830 bits per heavy atom.